The highest BCUT2D eigenvalue weighted by Crippen LogP contribution is 2.43. The summed E-state index contributed by atoms with van der Waals surface area (Å²) >= 11 is 0. The van der Waals surface area contributed by atoms with E-state index >= 15 is 0 Å². The summed E-state index contributed by atoms with van der Waals surface area (Å²) in [4.78, 5) is 24.7. The molecule has 0 unspecified atom stereocenters. The Balaban J connectivity index is 1.61. The highest BCUT2D eigenvalue weighted by Gasteiger charge is 2.37. The van der Waals surface area contributed by atoms with Gasteiger partial charge in [0.2, 0.25) is 5.91 Å². The van der Waals surface area contributed by atoms with Crippen molar-refractivity contribution in [1.29, 1.82) is 0 Å². The Morgan fingerprint density at radius 1 is 1.23 bits per heavy atom. The predicted molar refractivity (Wildman–Crippen MR) is 112 cm³/mol. The van der Waals surface area contributed by atoms with Crippen molar-refractivity contribution in [2.45, 2.75) is 70.0 Å². The first-order valence-electron chi connectivity index (χ1n) is 10.7. The van der Waals surface area contributed by atoms with E-state index in [0.29, 0.717) is 11.1 Å². The number of amides is 1. The molecule has 0 radical (unpaired) electrons. The van der Waals surface area contributed by atoms with Crippen LogP contribution in [-0.4, -0.2) is 41.0 Å². The fourth-order valence-electron chi connectivity index (χ4n) is 4.67. The normalized spacial score (nSPS) is 18.6. The van der Waals surface area contributed by atoms with Crippen molar-refractivity contribution in [1.82, 2.24) is 5.32 Å². The van der Waals surface area contributed by atoms with Gasteiger partial charge in [-0.1, -0.05) is 6.42 Å². The number of aryl methyl sites for hydroxylation is 2. The highest BCUT2D eigenvalue weighted by molar-refractivity contribution is 5.86. The molecule has 2 heterocycles. The molecule has 0 saturated heterocycles. The van der Waals surface area contributed by atoms with Gasteiger partial charge in [0.05, 0.1) is 24.7 Å². The van der Waals surface area contributed by atoms with Crippen LogP contribution in [0.15, 0.2) is 21.3 Å². The Kier molecular flexibility index (Phi) is 5.84. The van der Waals surface area contributed by atoms with Gasteiger partial charge in [-0.05, 0) is 62.6 Å². The van der Waals surface area contributed by atoms with Crippen LogP contribution < -0.4 is 15.7 Å². The van der Waals surface area contributed by atoms with Gasteiger partial charge in [0, 0.05) is 18.0 Å². The number of ether oxygens (including phenoxy) is 1. The van der Waals surface area contributed by atoms with E-state index in [1.807, 2.05) is 19.1 Å². The number of rotatable bonds is 5. The summed E-state index contributed by atoms with van der Waals surface area (Å²) in [5.41, 5.74) is 1.99. The first kappa shape index (κ1) is 20.9. The van der Waals surface area contributed by atoms with Crippen LogP contribution in [0.25, 0.3) is 11.0 Å². The van der Waals surface area contributed by atoms with E-state index in [-0.39, 0.29) is 18.6 Å². The second kappa shape index (κ2) is 8.40. The van der Waals surface area contributed by atoms with E-state index in [4.69, 9.17) is 14.3 Å². The fourth-order valence-corrected chi connectivity index (χ4v) is 4.67. The second-order valence-corrected chi connectivity index (χ2v) is 8.61. The van der Waals surface area contributed by atoms with Gasteiger partial charge in [0.15, 0.2) is 0 Å². The molecule has 0 bridgehead atoms. The molecule has 30 heavy (non-hydrogen) atoms. The first-order chi connectivity index (χ1) is 14.4. The van der Waals surface area contributed by atoms with E-state index in [9.17, 15) is 14.7 Å². The minimum absolute atomic E-state index is 0.0696. The van der Waals surface area contributed by atoms with Gasteiger partial charge in [-0.15, -0.1) is 0 Å². The number of carbonyl (C=O) groups is 1. The molecule has 2 aliphatic rings. The lowest BCUT2D eigenvalue weighted by molar-refractivity contribution is -0.121. The maximum Gasteiger partial charge on any atom is 0.340 e. The molecule has 162 valence electrons. The standard InChI is InChI=1S/C23H29NO6/c1-14-17-9-15-5-8-23(6-3-2-4-7-23)30-19(15)11-20(17)29-22(28)18(14)10-21(27)24-12-16(26)13-25/h9,11,16,25-26H,2-8,10,12-13H2,1H3,(H,24,27)/t16-/m0/s1. The van der Waals surface area contributed by atoms with Crippen molar-refractivity contribution in [3.63, 3.8) is 0 Å². The van der Waals surface area contributed by atoms with E-state index in [1.54, 1.807) is 0 Å². The molecule has 4 rings (SSSR count). The molecule has 2 aromatic rings. The maximum atomic E-state index is 12.6. The van der Waals surface area contributed by atoms with E-state index in [2.05, 4.69) is 5.32 Å². The van der Waals surface area contributed by atoms with Crippen molar-refractivity contribution < 1.29 is 24.2 Å². The molecule has 7 nitrogen and oxygen atoms in total. The third kappa shape index (κ3) is 4.09. The average Bonchev–Trinajstić information content (AvgIpc) is 2.74. The van der Waals surface area contributed by atoms with E-state index in [0.717, 1.165) is 47.9 Å². The number of carbonyl (C=O) groups excluding carboxylic acids is 1. The molecule has 1 atom stereocenters. The van der Waals surface area contributed by atoms with Gasteiger partial charge in [-0.25, -0.2) is 4.79 Å². The Labute approximate surface area is 175 Å². The van der Waals surface area contributed by atoms with E-state index in [1.165, 1.54) is 19.3 Å². The zero-order chi connectivity index (χ0) is 21.3. The molecule has 1 aromatic heterocycles. The first-order valence-corrected chi connectivity index (χ1v) is 10.7. The maximum absolute atomic E-state index is 12.6. The van der Waals surface area contributed by atoms with Crippen LogP contribution in [0, 0.1) is 6.92 Å². The van der Waals surface area contributed by atoms with Gasteiger partial charge in [0.1, 0.15) is 16.9 Å². The second-order valence-electron chi connectivity index (χ2n) is 8.61. The van der Waals surface area contributed by atoms with Gasteiger partial charge >= 0.3 is 5.63 Å². The molecule has 3 N–H and O–H groups in total. The van der Waals surface area contributed by atoms with Crippen molar-refractivity contribution in [2.24, 2.45) is 0 Å². The number of aliphatic hydroxyl groups excluding tert-OH is 2. The molecule has 1 aromatic carbocycles. The summed E-state index contributed by atoms with van der Waals surface area (Å²) in [7, 11) is 0. The van der Waals surface area contributed by atoms with Gasteiger partial charge in [0.25, 0.3) is 0 Å². The number of hydrogen-bond donors (Lipinski definition) is 3. The third-order valence-electron chi connectivity index (χ3n) is 6.49. The number of hydrogen-bond acceptors (Lipinski definition) is 6. The average molecular weight is 415 g/mol. The zero-order valence-electron chi connectivity index (χ0n) is 17.3. The van der Waals surface area contributed by atoms with Crippen LogP contribution in [0.4, 0.5) is 0 Å². The topological polar surface area (TPSA) is 109 Å². The van der Waals surface area contributed by atoms with Gasteiger partial charge in [-0.3, -0.25) is 4.79 Å². The molecule has 7 heteroatoms. The largest absolute Gasteiger partial charge is 0.487 e. The van der Waals surface area contributed by atoms with Crippen LogP contribution >= 0.6 is 0 Å². The van der Waals surface area contributed by atoms with Crippen LogP contribution in [0.1, 0.15) is 55.2 Å². The Hall–Kier alpha value is -2.38. The van der Waals surface area contributed by atoms with Crippen LogP contribution in [0.2, 0.25) is 0 Å². The SMILES string of the molecule is Cc1c(CC(=O)NC[C@H](O)CO)c(=O)oc2cc3c(cc12)CCC1(CCCCC1)O3. The van der Waals surface area contributed by atoms with E-state index < -0.39 is 24.2 Å². The Morgan fingerprint density at radius 3 is 2.73 bits per heavy atom. The number of nitrogens with one attached hydrogen (secondary N) is 1. The highest BCUT2D eigenvalue weighted by atomic mass is 16.5. The molecule has 1 aliphatic heterocycles. The molecule has 1 aliphatic carbocycles. The van der Waals surface area contributed by atoms with Crippen LogP contribution in [-0.2, 0) is 17.6 Å². The molecule has 1 spiro atoms. The lowest BCUT2D eigenvalue weighted by atomic mass is 9.79. The fraction of sp³-hybridized carbons (Fsp3) is 0.565. The Morgan fingerprint density at radius 2 is 2.00 bits per heavy atom. The lowest BCUT2D eigenvalue weighted by Gasteiger charge is -2.41. The van der Waals surface area contributed by atoms with Crippen molar-refractivity contribution in [2.75, 3.05) is 13.2 Å². The van der Waals surface area contributed by atoms with Crippen molar-refractivity contribution in [3.05, 3.63) is 39.2 Å². The predicted octanol–water partition coefficient (Wildman–Crippen LogP) is 2.14. The summed E-state index contributed by atoms with van der Waals surface area (Å²) in [6, 6.07) is 3.85. The number of fused-ring (bicyclic) bond motifs is 2. The molecular formula is C23H29NO6. The lowest BCUT2D eigenvalue weighted by Crippen LogP contribution is -2.41. The van der Waals surface area contributed by atoms with Gasteiger partial charge in [-0.2, -0.15) is 0 Å². The summed E-state index contributed by atoms with van der Waals surface area (Å²) in [5.74, 6) is 0.402. The third-order valence-corrected chi connectivity index (χ3v) is 6.49. The van der Waals surface area contributed by atoms with Gasteiger partial charge < -0.3 is 24.7 Å². The molecular weight excluding hydrogens is 386 g/mol. The summed E-state index contributed by atoms with van der Waals surface area (Å²) < 4.78 is 12.0. The van der Waals surface area contributed by atoms with Crippen molar-refractivity contribution in [3.8, 4) is 5.75 Å². The molecule has 1 amide bonds. The minimum Gasteiger partial charge on any atom is -0.487 e. The minimum atomic E-state index is -1.03. The van der Waals surface area contributed by atoms with Crippen molar-refractivity contribution >= 4 is 16.9 Å². The molecule has 1 saturated carbocycles. The zero-order valence-corrected chi connectivity index (χ0v) is 17.3. The summed E-state index contributed by atoms with van der Waals surface area (Å²) in [6.45, 7) is 1.31. The summed E-state index contributed by atoms with van der Waals surface area (Å²) in [6.07, 6.45) is 6.57. The number of aliphatic hydroxyl groups is 2. The van der Waals surface area contributed by atoms with Crippen LogP contribution in [0.3, 0.4) is 0 Å². The molecule has 1 fully saturated rings. The monoisotopic (exact) mass is 415 g/mol. The summed E-state index contributed by atoms with van der Waals surface area (Å²) in [5, 5.41) is 21.5. The Bertz CT molecular complexity index is 1000. The van der Waals surface area contributed by atoms with Crippen LogP contribution in [0.5, 0.6) is 5.75 Å². The number of benzene rings is 1. The quantitative estimate of drug-likeness (QED) is 0.646. The smallest absolute Gasteiger partial charge is 0.340 e.